The Morgan fingerprint density at radius 2 is 2.15 bits per heavy atom. The average Bonchev–Trinajstić information content (AvgIpc) is 3.09. The SMILES string of the molecule is COCCCCN(C)C(=O)c1csc2nc(-c3ccccn3)nc(N)c12. The van der Waals surface area contributed by atoms with Crippen molar-refractivity contribution in [2.24, 2.45) is 0 Å². The van der Waals surface area contributed by atoms with Crippen molar-refractivity contribution >= 4 is 33.3 Å². The van der Waals surface area contributed by atoms with Gasteiger partial charge in [0.1, 0.15) is 16.3 Å². The molecule has 0 aliphatic heterocycles. The standard InChI is InChI=1S/C18H21N5O2S/c1-23(9-5-6-10-25-2)18(24)12-11-26-17-14(12)15(19)21-16(22-17)13-7-3-4-8-20-13/h3-4,7-8,11H,5-6,9-10H2,1-2H3,(H2,19,21,22). The van der Waals surface area contributed by atoms with Crippen molar-refractivity contribution in [3.05, 3.63) is 35.3 Å². The molecule has 8 heteroatoms. The molecule has 0 unspecified atom stereocenters. The highest BCUT2D eigenvalue weighted by atomic mass is 32.1. The molecule has 0 aliphatic rings. The molecule has 0 fully saturated rings. The first-order valence-electron chi connectivity index (χ1n) is 8.32. The number of aromatic nitrogens is 3. The van der Waals surface area contributed by atoms with Crippen LogP contribution in [0.15, 0.2) is 29.8 Å². The van der Waals surface area contributed by atoms with Gasteiger partial charge in [0.15, 0.2) is 5.82 Å². The smallest absolute Gasteiger partial charge is 0.255 e. The molecule has 0 saturated carbocycles. The molecule has 0 aromatic carbocycles. The Balaban J connectivity index is 1.85. The van der Waals surface area contributed by atoms with Gasteiger partial charge in [0.05, 0.1) is 10.9 Å². The van der Waals surface area contributed by atoms with Crippen molar-refractivity contribution in [1.82, 2.24) is 19.9 Å². The number of unbranched alkanes of at least 4 members (excludes halogenated alkanes) is 1. The van der Waals surface area contributed by atoms with E-state index in [2.05, 4.69) is 15.0 Å². The number of pyridine rings is 1. The topological polar surface area (TPSA) is 94.2 Å². The number of nitrogen functional groups attached to an aromatic ring is 1. The van der Waals surface area contributed by atoms with E-state index in [4.69, 9.17) is 10.5 Å². The summed E-state index contributed by atoms with van der Waals surface area (Å²) in [5.41, 5.74) is 7.35. The summed E-state index contributed by atoms with van der Waals surface area (Å²) >= 11 is 1.39. The van der Waals surface area contributed by atoms with Crippen LogP contribution in [0.4, 0.5) is 5.82 Å². The van der Waals surface area contributed by atoms with Crippen molar-refractivity contribution in [3.8, 4) is 11.5 Å². The van der Waals surface area contributed by atoms with Crippen molar-refractivity contribution in [2.75, 3.05) is 33.0 Å². The van der Waals surface area contributed by atoms with Gasteiger partial charge in [0.25, 0.3) is 5.91 Å². The van der Waals surface area contributed by atoms with E-state index in [-0.39, 0.29) is 5.91 Å². The minimum Gasteiger partial charge on any atom is -0.385 e. The highest BCUT2D eigenvalue weighted by Crippen LogP contribution is 2.31. The zero-order valence-corrected chi connectivity index (χ0v) is 15.6. The largest absolute Gasteiger partial charge is 0.385 e. The number of carbonyl (C=O) groups is 1. The minimum absolute atomic E-state index is 0.0745. The highest BCUT2D eigenvalue weighted by molar-refractivity contribution is 7.17. The minimum atomic E-state index is -0.0745. The fraction of sp³-hybridized carbons (Fsp3) is 0.333. The fourth-order valence-corrected chi connectivity index (χ4v) is 3.56. The van der Waals surface area contributed by atoms with E-state index in [1.54, 1.807) is 30.6 Å². The van der Waals surface area contributed by atoms with Gasteiger partial charge in [0, 0.05) is 38.9 Å². The first kappa shape index (κ1) is 18.2. The number of anilines is 1. The summed E-state index contributed by atoms with van der Waals surface area (Å²) in [6, 6.07) is 5.53. The van der Waals surface area contributed by atoms with Gasteiger partial charge in [-0.3, -0.25) is 9.78 Å². The summed E-state index contributed by atoms with van der Waals surface area (Å²) in [6.07, 6.45) is 3.48. The number of hydrogen-bond donors (Lipinski definition) is 1. The quantitative estimate of drug-likeness (QED) is 0.642. The second-order valence-electron chi connectivity index (χ2n) is 5.90. The zero-order chi connectivity index (χ0) is 18.5. The van der Waals surface area contributed by atoms with Gasteiger partial charge < -0.3 is 15.4 Å². The third-order valence-electron chi connectivity index (χ3n) is 4.02. The van der Waals surface area contributed by atoms with Crippen LogP contribution in [0.3, 0.4) is 0 Å². The molecule has 3 aromatic rings. The fourth-order valence-electron chi connectivity index (χ4n) is 2.64. The molecule has 136 valence electrons. The second-order valence-corrected chi connectivity index (χ2v) is 6.76. The van der Waals surface area contributed by atoms with Gasteiger partial charge >= 0.3 is 0 Å². The molecule has 3 rings (SSSR count). The summed E-state index contributed by atoms with van der Waals surface area (Å²) in [6.45, 7) is 1.35. The Hall–Kier alpha value is -2.58. The third-order valence-corrected chi connectivity index (χ3v) is 4.90. The number of rotatable bonds is 7. The molecule has 7 nitrogen and oxygen atoms in total. The number of ether oxygens (including phenoxy) is 1. The Bertz CT molecular complexity index is 897. The maximum atomic E-state index is 12.8. The van der Waals surface area contributed by atoms with E-state index < -0.39 is 0 Å². The van der Waals surface area contributed by atoms with Gasteiger partial charge in [-0.15, -0.1) is 11.3 Å². The molecule has 2 N–H and O–H groups in total. The zero-order valence-electron chi connectivity index (χ0n) is 14.8. The normalized spacial score (nSPS) is 11.0. The van der Waals surface area contributed by atoms with Gasteiger partial charge in [-0.25, -0.2) is 9.97 Å². The number of thiophene rings is 1. The predicted molar refractivity (Wildman–Crippen MR) is 103 cm³/mol. The molecule has 1 amide bonds. The second kappa shape index (κ2) is 8.20. The first-order valence-corrected chi connectivity index (χ1v) is 9.20. The molecule has 0 bridgehead atoms. The number of nitrogens with zero attached hydrogens (tertiary/aromatic N) is 4. The maximum Gasteiger partial charge on any atom is 0.255 e. The van der Waals surface area contributed by atoms with Crippen LogP contribution in [0, 0.1) is 0 Å². The number of hydrogen-bond acceptors (Lipinski definition) is 7. The summed E-state index contributed by atoms with van der Waals surface area (Å²) in [5.74, 6) is 0.687. The number of fused-ring (bicyclic) bond motifs is 1. The summed E-state index contributed by atoms with van der Waals surface area (Å²) in [7, 11) is 3.46. The van der Waals surface area contributed by atoms with Crippen LogP contribution in [0.5, 0.6) is 0 Å². The third kappa shape index (κ3) is 3.81. The Labute approximate surface area is 155 Å². The van der Waals surface area contributed by atoms with Crippen LogP contribution < -0.4 is 5.73 Å². The lowest BCUT2D eigenvalue weighted by molar-refractivity contribution is 0.0790. The van der Waals surface area contributed by atoms with Crippen LogP contribution in [-0.2, 0) is 4.74 Å². The van der Waals surface area contributed by atoms with Crippen LogP contribution >= 0.6 is 11.3 Å². The number of methoxy groups -OCH3 is 1. The number of nitrogens with two attached hydrogens (primary N) is 1. The van der Waals surface area contributed by atoms with Crippen molar-refractivity contribution in [1.29, 1.82) is 0 Å². The lowest BCUT2D eigenvalue weighted by Crippen LogP contribution is -2.27. The van der Waals surface area contributed by atoms with Crippen molar-refractivity contribution < 1.29 is 9.53 Å². The van der Waals surface area contributed by atoms with Gasteiger partial charge in [-0.1, -0.05) is 6.07 Å². The molecule has 3 aromatic heterocycles. The van der Waals surface area contributed by atoms with Gasteiger partial charge in [-0.2, -0.15) is 0 Å². The van der Waals surface area contributed by atoms with E-state index in [1.807, 2.05) is 18.2 Å². The lowest BCUT2D eigenvalue weighted by atomic mass is 10.2. The van der Waals surface area contributed by atoms with E-state index in [0.717, 1.165) is 12.8 Å². The van der Waals surface area contributed by atoms with Crippen LogP contribution in [-0.4, -0.2) is 53.1 Å². The molecule has 3 heterocycles. The Morgan fingerprint density at radius 3 is 2.88 bits per heavy atom. The van der Waals surface area contributed by atoms with E-state index in [1.165, 1.54) is 11.3 Å². The first-order chi connectivity index (χ1) is 12.6. The van der Waals surface area contributed by atoms with Crippen LogP contribution in [0.2, 0.25) is 0 Å². The average molecular weight is 371 g/mol. The maximum absolute atomic E-state index is 12.8. The molecular weight excluding hydrogens is 350 g/mol. The molecule has 0 atom stereocenters. The van der Waals surface area contributed by atoms with E-state index in [0.29, 0.717) is 46.3 Å². The van der Waals surface area contributed by atoms with E-state index in [9.17, 15) is 4.79 Å². The monoisotopic (exact) mass is 371 g/mol. The van der Waals surface area contributed by atoms with Crippen LogP contribution in [0.25, 0.3) is 21.7 Å². The Morgan fingerprint density at radius 1 is 1.31 bits per heavy atom. The molecular formula is C18H21N5O2S. The van der Waals surface area contributed by atoms with Crippen LogP contribution in [0.1, 0.15) is 23.2 Å². The summed E-state index contributed by atoms with van der Waals surface area (Å²) in [4.78, 5) is 28.3. The lowest BCUT2D eigenvalue weighted by Gasteiger charge is -2.16. The van der Waals surface area contributed by atoms with Gasteiger partial charge in [0.2, 0.25) is 0 Å². The summed E-state index contributed by atoms with van der Waals surface area (Å²) < 4.78 is 5.04. The van der Waals surface area contributed by atoms with Crippen molar-refractivity contribution in [3.63, 3.8) is 0 Å². The predicted octanol–water partition coefficient (Wildman–Crippen LogP) is 2.83. The van der Waals surface area contributed by atoms with Gasteiger partial charge in [-0.05, 0) is 25.0 Å². The molecule has 0 radical (unpaired) electrons. The number of amides is 1. The molecule has 0 saturated heterocycles. The van der Waals surface area contributed by atoms with Crippen molar-refractivity contribution in [2.45, 2.75) is 12.8 Å². The molecule has 0 spiro atoms. The van der Waals surface area contributed by atoms with E-state index >= 15 is 0 Å². The summed E-state index contributed by atoms with van der Waals surface area (Å²) in [5, 5.41) is 2.41. The highest BCUT2D eigenvalue weighted by Gasteiger charge is 2.20. The molecule has 26 heavy (non-hydrogen) atoms. The Kier molecular flexibility index (Phi) is 5.75. The molecule has 0 aliphatic carbocycles. The number of carbonyl (C=O) groups excluding carboxylic acids is 1.